The summed E-state index contributed by atoms with van der Waals surface area (Å²) in [5.41, 5.74) is 0.742. The lowest BCUT2D eigenvalue weighted by Gasteiger charge is -2.16. The molecule has 1 N–H and O–H groups in total. The van der Waals surface area contributed by atoms with Gasteiger partial charge < -0.3 is 10.1 Å². The molecule has 0 aliphatic rings. The second-order valence-electron chi connectivity index (χ2n) is 5.23. The average molecular weight is 370 g/mol. The van der Waals surface area contributed by atoms with E-state index in [4.69, 9.17) is 4.74 Å². The minimum atomic E-state index is -0.593. The van der Waals surface area contributed by atoms with Crippen LogP contribution in [0.25, 0.3) is 10.8 Å². The summed E-state index contributed by atoms with van der Waals surface area (Å²) >= 11 is 3.37. The fourth-order valence-electron chi connectivity index (χ4n) is 2.32. The summed E-state index contributed by atoms with van der Waals surface area (Å²) in [4.78, 5) is 12.3. The maximum atomic E-state index is 12.3. The van der Waals surface area contributed by atoms with Gasteiger partial charge in [-0.25, -0.2) is 0 Å². The minimum Gasteiger partial charge on any atom is -0.480 e. The monoisotopic (exact) mass is 369 g/mol. The van der Waals surface area contributed by atoms with E-state index < -0.39 is 6.10 Å². The molecule has 1 amide bonds. The molecular formula is C19H16BrNO2. The molecule has 0 aromatic heterocycles. The van der Waals surface area contributed by atoms with Gasteiger partial charge in [-0.05, 0) is 42.6 Å². The van der Waals surface area contributed by atoms with Crippen LogP contribution in [-0.2, 0) is 4.79 Å². The highest BCUT2D eigenvalue weighted by atomic mass is 79.9. The molecule has 0 radical (unpaired) electrons. The maximum Gasteiger partial charge on any atom is 0.265 e. The standard InChI is InChI=1S/C19H16BrNO2/c1-13(19(22)21-16-11-9-15(20)10-12-16)23-18-8-4-6-14-5-2-3-7-17(14)18/h2-13H,1H3,(H,21,22)/t13-/m1/s1. The van der Waals surface area contributed by atoms with Gasteiger partial charge in [0.25, 0.3) is 5.91 Å². The summed E-state index contributed by atoms with van der Waals surface area (Å²) in [6.07, 6.45) is -0.593. The molecule has 3 aromatic rings. The smallest absolute Gasteiger partial charge is 0.265 e. The minimum absolute atomic E-state index is 0.180. The number of ether oxygens (including phenoxy) is 1. The van der Waals surface area contributed by atoms with E-state index in [1.54, 1.807) is 6.92 Å². The summed E-state index contributed by atoms with van der Waals surface area (Å²) in [5, 5.41) is 4.94. The van der Waals surface area contributed by atoms with Crippen LogP contribution in [0.1, 0.15) is 6.92 Å². The van der Waals surface area contributed by atoms with E-state index in [1.807, 2.05) is 66.7 Å². The van der Waals surface area contributed by atoms with Gasteiger partial charge in [0.15, 0.2) is 6.10 Å². The zero-order chi connectivity index (χ0) is 16.2. The number of fused-ring (bicyclic) bond motifs is 1. The quantitative estimate of drug-likeness (QED) is 0.701. The number of carbonyl (C=O) groups is 1. The SMILES string of the molecule is C[C@@H](Oc1cccc2ccccc12)C(=O)Nc1ccc(Br)cc1. The highest BCUT2D eigenvalue weighted by Crippen LogP contribution is 2.26. The van der Waals surface area contributed by atoms with Crippen LogP contribution in [0.15, 0.2) is 71.2 Å². The predicted octanol–water partition coefficient (Wildman–Crippen LogP) is 5.01. The van der Waals surface area contributed by atoms with Crippen LogP contribution in [-0.4, -0.2) is 12.0 Å². The van der Waals surface area contributed by atoms with E-state index >= 15 is 0 Å². The van der Waals surface area contributed by atoms with E-state index in [1.165, 1.54) is 0 Å². The highest BCUT2D eigenvalue weighted by Gasteiger charge is 2.16. The molecule has 1 atom stereocenters. The van der Waals surface area contributed by atoms with Crippen LogP contribution >= 0.6 is 15.9 Å². The van der Waals surface area contributed by atoms with Crippen molar-refractivity contribution in [2.45, 2.75) is 13.0 Å². The van der Waals surface area contributed by atoms with E-state index in [0.29, 0.717) is 5.75 Å². The van der Waals surface area contributed by atoms with Crippen molar-refractivity contribution in [3.8, 4) is 5.75 Å². The molecule has 4 heteroatoms. The summed E-state index contributed by atoms with van der Waals surface area (Å²) in [7, 11) is 0. The van der Waals surface area contributed by atoms with E-state index in [9.17, 15) is 4.79 Å². The Bertz CT molecular complexity index is 825. The lowest BCUT2D eigenvalue weighted by atomic mass is 10.1. The van der Waals surface area contributed by atoms with Gasteiger partial charge in [0.2, 0.25) is 0 Å². The van der Waals surface area contributed by atoms with Crippen molar-refractivity contribution in [1.82, 2.24) is 0 Å². The number of halogens is 1. The average Bonchev–Trinajstić information content (AvgIpc) is 2.57. The van der Waals surface area contributed by atoms with Crippen molar-refractivity contribution >= 4 is 38.3 Å². The van der Waals surface area contributed by atoms with Crippen molar-refractivity contribution in [2.24, 2.45) is 0 Å². The van der Waals surface area contributed by atoms with Gasteiger partial charge in [-0.15, -0.1) is 0 Å². The summed E-state index contributed by atoms with van der Waals surface area (Å²) < 4.78 is 6.83. The molecule has 0 bridgehead atoms. The van der Waals surface area contributed by atoms with Crippen LogP contribution in [0, 0.1) is 0 Å². The first-order valence-corrected chi connectivity index (χ1v) is 8.13. The van der Waals surface area contributed by atoms with Gasteiger partial charge in [-0.3, -0.25) is 4.79 Å². The second kappa shape index (κ2) is 6.84. The molecular weight excluding hydrogens is 354 g/mol. The van der Waals surface area contributed by atoms with Crippen LogP contribution in [0.4, 0.5) is 5.69 Å². The van der Waals surface area contributed by atoms with Gasteiger partial charge in [-0.1, -0.05) is 52.3 Å². The molecule has 3 aromatic carbocycles. The predicted molar refractivity (Wildman–Crippen MR) is 96.8 cm³/mol. The molecule has 3 rings (SSSR count). The Hall–Kier alpha value is -2.33. The summed E-state index contributed by atoms with van der Waals surface area (Å²) in [6, 6.07) is 21.2. The maximum absolute atomic E-state index is 12.3. The third-order valence-corrected chi connectivity index (χ3v) is 4.06. The lowest BCUT2D eigenvalue weighted by molar-refractivity contribution is -0.122. The molecule has 0 heterocycles. The topological polar surface area (TPSA) is 38.3 Å². The number of nitrogens with one attached hydrogen (secondary N) is 1. The number of carbonyl (C=O) groups excluding carboxylic acids is 1. The van der Waals surface area contributed by atoms with Crippen molar-refractivity contribution in [2.75, 3.05) is 5.32 Å². The summed E-state index contributed by atoms with van der Waals surface area (Å²) in [6.45, 7) is 1.75. The van der Waals surface area contributed by atoms with E-state index in [2.05, 4.69) is 21.2 Å². The van der Waals surface area contributed by atoms with Crippen LogP contribution in [0.5, 0.6) is 5.75 Å². The van der Waals surface area contributed by atoms with Crippen molar-refractivity contribution < 1.29 is 9.53 Å². The van der Waals surface area contributed by atoms with Gasteiger partial charge in [0.1, 0.15) is 5.75 Å². The van der Waals surface area contributed by atoms with Gasteiger partial charge in [-0.2, -0.15) is 0 Å². The van der Waals surface area contributed by atoms with E-state index in [-0.39, 0.29) is 5.91 Å². The zero-order valence-electron chi connectivity index (χ0n) is 12.6. The number of amides is 1. The number of benzene rings is 3. The Morgan fingerprint density at radius 2 is 1.70 bits per heavy atom. The van der Waals surface area contributed by atoms with Gasteiger partial charge >= 0.3 is 0 Å². The number of anilines is 1. The Kier molecular flexibility index (Phi) is 4.63. The van der Waals surface area contributed by atoms with Crippen LogP contribution in [0.2, 0.25) is 0 Å². The number of hydrogen-bond donors (Lipinski definition) is 1. The molecule has 0 unspecified atom stereocenters. The van der Waals surface area contributed by atoms with E-state index in [0.717, 1.165) is 20.9 Å². The third kappa shape index (κ3) is 3.71. The van der Waals surface area contributed by atoms with Crippen molar-refractivity contribution in [3.05, 3.63) is 71.2 Å². The molecule has 3 nitrogen and oxygen atoms in total. The van der Waals surface area contributed by atoms with Gasteiger partial charge in [0, 0.05) is 15.5 Å². The first kappa shape index (κ1) is 15.6. The Balaban J connectivity index is 1.73. The molecule has 0 spiro atoms. The Morgan fingerprint density at radius 1 is 1.00 bits per heavy atom. The molecule has 0 fully saturated rings. The van der Waals surface area contributed by atoms with Gasteiger partial charge in [0.05, 0.1) is 0 Å². The largest absolute Gasteiger partial charge is 0.480 e. The highest BCUT2D eigenvalue weighted by molar-refractivity contribution is 9.10. The third-order valence-electron chi connectivity index (χ3n) is 3.53. The molecule has 116 valence electrons. The lowest BCUT2D eigenvalue weighted by Crippen LogP contribution is -2.30. The first-order valence-electron chi connectivity index (χ1n) is 7.34. The first-order chi connectivity index (χ1) is 11.1. The second-order valence-corrected chi connectivity index (χ2v) is 6.15. The molecule has 0 aliphatic carbocycles. The number of hydrogen-bond acceptors (Lipinski definition) is 2. The normalized spacial score (nSPS) is 11.9. The zero-order valence-corrected chi connectivity index (χ0v) is 14.2. The molecule has 0 saturated heterocycles. The fraction of sp³-hybridized carbons (Fsp3) is 0.105. The Labute approximate surface area is 143 Å². The van der Waals surface area contributed by atoms with Crippen LogP contribution in [0.3, 0.4) is 0 Å². The number of rotatable bonds is 4. The molecule has 0 saturated carbocycles. The summed E-state index contributed by atoms with van der Waals surface area (Å²) in [5.74, 6) is 0.529. The molecule has 23 heavy (non-hydrogen) atoms. The Morgan fingerprint density at radius 3 is 2.48 bits per heavy atom. The fourth-order valence-corrected chi connectivity index (χ4v) is 2.58. The molecule has 0 aliphatic heterocycles. The van der Waals surface area contributed by atoms with Crippen molar-refractivity contribution in [1.29, 1.82) is 0 Å². The van der Waals surface area contributed by atoms with Crippen molar-refractivity contribution in [3.63, 3.8) is 0 Å². The van der Waals surface area contributed by atoms with Crippen LogP contribution < -0.4 is 10.1 Å².